The molecule has 0 fully saturated rings. The maximum absolute atomic E-state index is 11.6. The van der Waals surface area contributed by atoms with E-state index in [1.54, 1.807) is 20.8 Å². The largest absolute Gasteiger partial charge is 0.480 e. The van der Waals surface area contributed by atoms with Crippen LogP contribution in [0, 0.1) is 5.92 Å². The highest BCUT2D eigenvalue weighted by Gasteiger charge is 2.26. The van der Waals surface area contributed by atoms with Crippen LogP contribution in [0.3, 0.4) is 0 Å². The molecule has 0 aromatic carbocycles. The second-order valence-corrected chi connectivity index (χ2v) is 6.46. The second kappa shape index (κ2) is 7.47. The van der Waals surface area contributed by atoms with Crippen molar-refractivity contribution in [2.75, 3.05) is 13.6 Å². The number of carbonyl (C=O) groups excluding carboxylic acids is 1. The summed E-state index contributed by atoms with van der Waals surface area (Å²) in [6.07, 6.45) is -0.712. The molecule has 0 saturated carbocycles. The zero-order valence-corrected chi connectivity index (χ0v) is 13.6. The molecule has 0 aliphatic rings. The van der Waals surface area contributed by atoms with Crippen molar-refractivity contribution >= 4 is 12.1 Å². The van der Waals surface area contributed by atoms with Gasteiger partial charge in [0.05, 0.1) is 0 Å². The summed E-state index contributed by atoms with van der Waals surface area (Å²) in [5, 5.41) is 11.6. The summed E-state index contributed by atoms with van der Waals surface area (Å²) < 4.78 is 5.08. The van der Waals surface area contributed by atoms with Gasteiger partial charge in [-0.15, -0.1) is 0 Å². The summed E-state index contributed by atoms with van der Waals surface area (Å²) in [5.41, 5.74) is -0.649. The molecule has 0 spiro atoms. The maximum atomic E-state index is 11.6. The highest BCUT2D eigenvalue weighted by atomic mass is 16.6. The van der Waals surface area contributed by atoms with E-state index in [1.165, 1.54) is 0 Å². The lowest BCUT2D eigenvalue weighted by Gasteiger charge is -2.30. The average molecular weight is 288 g/mol. The van der Waals surface area contributed by atoms with Crippen LogP contribution in [0.5, 0.6) is 0 Å². The Morgan fingerprint density at radius 1 is 1.25 bits per heavy atom. The summed E-state index contributed by atoms with van der Waals surface area (Å²) in [5.74, 6) is -0.672. The Morgan fingerprint density at radius 2 is 1.75 bits per heavy atom. The number of hydrogen-bond donors (Lipinski definition) is 2. The Bertz CT molecular complexity index is 337. The first-order valence-electron chi connectivity index (χ1n) is 6.86. The monoisotopic (exact) mass is 288 g/mol. The molecule has 0 aromatic heterocycles. The number of nitrogens with one attached hydrogen (secondary N) is 1. The Hall–Kier alpha value is -1.30. The third-order valence-electron chi connectivity index (χ3n) is 3.12. The minimum absolute atomic E-state index is 0.220. The Labute approximate surface area is 121 Å². The molecule has 0 saturated heterocycles. The first-order valence-corrected chi connectivity index (χ1v) is 6.86. The minimum Gasteiger partial charge on any atom is -0.480 e. The number of rotatable bonds is 6. The fourth-order valence-electron chi connectivity index (χ4n) is 1.60. The van der Waals surface area contributed by atoms with Crippen molar-refractivity contribution < 1.29 is 19.4 Å². The quantitative estimate of drug-likeness (QED) is 0.781. The van der Waals surface area contributed by atoms with Crippen molar-refractivity contribution in [1.82, 2.24) is 10.2 Å². The number of alkyl carbamates (subject to hydrolysis) is 1. The zero-order valence-electron chi connectivity index (χ0n) is 13.6. The predicted molar refractivity (Wildman–Crippen MR) is 77.7 cm³/mol. The first-order chi connectivity index (χ1) is 8.94. The first kappa shape index (κ1) is 18.7. The van der Waals surface area contributed by atoms with Gasteiger partial charge in [0.15, 0.2) is 0 Å². The van der Waals surface area contributed by atoms with Gasteiger partial charge in [-0.05, 0) is 40.7 Å². The van der Waals surface area contributed by atoms with Crippen molar-refractivity contribution in [3.8, 4) is 0 Å². The van der Waals surface area contributed by atoms with Gasteiger partial charge in [0.25, 0.3) is 0 Å². The van der Waals surface area contributed by atoms with Crippen LogP contribution in [-0.2, 0) is 9.53 Å². The van der Waals surface area contributed by atoms with Gasteiger partial charge in [-0.1, -0.05) is 13.8 Å². The van der Waals surface area contributed by atoms with Gasteiger partial charge in [0.2, 0.25) is 0 Å². The van der Waals surface area contributed by atoms with Gasteiger partial charge in [-0.3, -0.25) is 0 Å². The predicted octanol–water partition coefficient (Wildman–Crippen LogP) is 1.94. The van der Waals surface area contributed by atoms with E-state index in [2.05, 4.69) is 19.2 Å². The molecule has 2 N–H and O–H groups in total. The molecular weight excluding hydrogens is 260 g/mol. The highest BCUT2D eigenvalue weighted by molar-refractivity contribution is 5.80. The minimum atomic E-state index is -1.07. The second-order valence-electron chi connectivity index (χ2n) is 6.46. The third-order valence-corrected chi connectivity index (χ3v) is 3.12. The van der Waals surface area contributed by atoms with Crippen LogP contribution in [0.25, 0.3) is 0 Å². The molecule has 0 aliphatic heterocycles. The lowest BCUT2D eigenvalue weighted by Crippen LogP contribution is -2.51. The summed E-state index contributed by atoms with van der Waals surface area (Å²) in [6, 6.07) is -0.770. The highest BCUT2D eigenvalue weighted by Crippen LogP contribution is 2.10. The lowest BCUT2D eigenvalue weighted by atomic mass is 10.0. The van der Waals surface area contributed by atoms with E-state index in [0.717, 1.165) is 0 Å². The topological polar surface area (TPSA) is 78.9 Å². The SMILES string of the molecule is CC(C)C(C)N(C)CC(NC(=O)OC(C)(C)C)C(=O)O. The molecule has 0 radical (unpaired) electrons. The Kier molecular flexibility index (Phi) is 6.99. The van der Waals surface area contributed by atoms with Crippen LogP contribution < -0.4 is 5.32 Å². The van der Waals surface area contributed by atoms with Gasteiger partial charge in [-0.2, -0.15) is 0 Å². The van der Waals surface area contributed by atoms with Crippen molar-refractivity contribution in [2.45, 2.75) is 59.2 Å². The third kappa shape index (κ3) is 7.33. The number of amides is 1. The average Bonchev–Trinajstić information content (AvgIpc) is 2.23. The normalized spacial score (nSPS) is 15.1. The van der Waals surface area contributed by atoms with E-state index in [9.17, 15) is 14.7 Å². The summed E-state index contributed by atoms with van der Waals surface area (Å²) >= 11 is 0. The van der Waals surface area contributed by atoms with E-state index in [-0.39, 0.29) is 12.6 Å². The number of nitrogens with zero attached hydrogens (tertiary/aromatic N) is 1. The molecule has 0 rings (SSSR count). The molecule has 20 heavy (non-hydrogen) atoms. The molecule has 6 heteroatoms. The molecule has 2 atom stereocenters. The molecule has 2 unspecified atom stereocenters. The molecule has 0 bridgehead atoms. The summed E-state index contributed by atoms with van der Waals surface area (Å²) in [4.78, 5) is 24.8. The Morgan fingerprint density at radius 3 is 2.10 bits per heavy atom. The van der Waals surface area contributed by atoms with Gasteiger partial charge in [0.1, 0.15) is 11.6 Å². The van der Waals surface area contributed by atoms with Crippen LogP contribution in [0.2, 0.25) is 0 Å². The number of hydrogen-bond acceptors (Lipinski definition) is 4. The van der Waals surface area contributed by atoms with Gasteiger partial charge in [0, 0.05) is 12.6 Å². The molecule has 0 heterocycles. The number of carbonyl (C=O) groups is 2. The molecule has 1 amide bonds. The number of ether oxygens (including phenoxy) is 1. The van der Waals surface area contributed by atoms with Crippen LogP contribution in [0.1, 0.15) is 41.5 Å². The van der Waals surface area contributed by atoms with Crippen molar-refractivity contribution in [1.29, 1.82) is 0 Å². The van der Waals surface area contributed by atoms with Gasteiger partial charge < -0.3 is 20.1 Å². The molecule has 118 valence electrons. The van der Waals surface area contributed by atoms with Crippen LogP contribution in [0.4, 0.5) is 4.79 Å². The number of carboxylic acids is 1. The van der Waals surface area contributed by atoms with E-state index in [4.69, 9.17) is 4.74 Å². The molecular formula is C14H28N2O4. The smallest absolute Gasteiger partial charge is 0.408 e. The fraction of sp³-hybridized carbons (Fsp3) is 0.857. The van der Waals surface area contributed by atoms with Gasteiger partial charge >= 0.3 is 12.1 Å². The number of carboxylic acid groups (broad SMARTS) is 1. The number of aliphatic carboxylic acids is 1. The van der Waals surface area contributed by atoms with Gasteiger partial charge in [-0.25, -0.2) is 9.59 Å². The lowest BCUT2D eigenvalue weighted by molar-refractivity contribution is -0.140. The van der Waals surface area contributed by atoms with Crippen molar-refractivity contribution in [2.24, 2.45) is 5.92 Å². The van der Waals surface area contributed by atoms with Crippen LogP contribution in [0.15, 0.2) is 0 Å². The zero-order chi connectivity index (χ0) is 16.1. The van der Waals surface area contributed by atoms with E-state index >= 15 is 0 Å². The fourth-order valence-corrected chi connectivity index (χ4v) is 1.60. The molecule has 0 aromatic rings. The molecule has 6 nitrogen and oxygen atoms in total. The van der Waals surface area contributed by atoms with Crippen molar-refractivity contribution in [3.05, 3.63) is 0 Å². The summed E-state index contributed by atoms with van der Waals surface area (Å²) in [7, 11) is 1.84. The Balaban J connectivity index is 4.60. The number of likely N-dealkylation sites (N-methyl/N-ethyl adjacent to an activating group) is 1. The van der Waals surface area contributed by atoms with Crippen LogP contribution >= 0.6 is 0 Å². The van der Waals surface area contributed by atoms with E-state index in [0.29, 0.717) is 5.92 Å². The maximum Gasteiger partial charge on any atom is 0.408 e. The standard InChI is InChI=1S/C14H28N2O4/c1-9(2)10(3)16(7)8-11(12(17)18)15-13(19)20-14(4,5)6/h9-11H,8H2,1-7H3,(H,15,19)(H,17,18). The molecule has 0 aliphatic carbocycles. The van der Waals surface area contributed by atoms with Crippen LogP contribution in [-0.4, -0.2) is 53.3 Å². The van der Waals surface area contributed by atoms with E-state index < -0.39 is 23.7 Å². The summed E-state index contributed by atoms with van der Waals surface area (Å²) in [6.45, 7) is 11.6. The van der Waals surface area contributed by atoms with E-state index in [1.807, 2.05) is 18.9 Å². The van der Waals surface area contributed by atoms with Crippen molar-refractivity contribution in [3.63, 3.8) is 0 Å².